The lowest BCUT2D eigenvalue weighted by atomic mass is 10.1. The van der Waals surface area contributed by atoms with Crippen LogP contribution >= 0.6 is 0 Å². The predicted octanol–water partition coefficient (Wildman–Crippen LogP) is 4.72. The molecule has 0 aliphatic carbocycles. The molecule has 0 radical (unpaired) electrons. The van der Waals surface area contributed by atoms with Crippen molar-refractivity contribution in [2.24, 2.45) is 0 Å². The minimum absolute atomic E-state index is 0.0179. The lowest BCUT2D eigenvalue weighted by Crippen LogP contribution is -2.41. The van der Waals surface area contributed by atoms with E-state index in [0.717, 1.165) is 30.3 Å². The molecule has 0 saturated carbocycles. The number of carbonyl (C=O) groups is 1. The molecule has 1 saturated heterocycles. The zero-order chi connectivity index (χ0) is 22.7. The summed E-state index contributed by atoms with van der Waals surface area (Å²) in [6.07, 6.45) is 2.86. The zero-order valence-corrected chi connectivity index (χ0v) is 19.1. The third-order valence-electron chi connectivity index (χ3n) is 5.68. The fraction of sp³-hybridized carbons (Fsp3) is 0.333. The molecule has 32 heavy (non-hydrogen) atoms. The fourth-order valence-electron chi connectivity index (χ4n) is 3.95. The van der Waals surface area contributed by atoms with Gasteiger partial charge < -0.3 is 10.1 Å². The lowest BCUT2D eigenvalue weighted by molar-refractivity contribution is 0.0526. The van der Waals surface area contributed by atoms with E-state index >= 15 is 0 Å². The first-order valence-electron chi connectivity index (χ1n) is 10.9. The molecule has 1 atom stereocenters. The SMILES string of the molecule is CCOC(=O)c1ccc(Nc2ccc3cc(S(=O)(=O)N4CCCCC4C)ccc3n2)cc1. The van der Waals surface area contributed by atoms with Crippen molar-refractivity contribution in [1.29, 1.82) is 0 Å². The van der Waals surface area contributed by atoms with Crippen LogP contribution in [0.2, 0.25) is 0 Å². The summed E-state index contributed by atoms with van der Waals surface area (Å²) in [6, 6.07) is 15.7. The summed E-state index contributed by atoms with van der Waals surface area (Å²) in [6.45, 7) is 4.64. The van der Waals surface area contributed by atoms with Crippen LogP contribution in [0.5, 0.6) is 0 Å². The van der Waals surface area contributed by atoms with E-state index in [0.29, 0.717) is 34.9 Å². The van der Waals surface area contributed by atoms with Crippen molar-refractivity contribution in [2.75, 3.05) is 18.5 Å². The first-order chi connectivity index (χ1) is 15.4. The Morgan fingerprint density at radius 1 is 1.12 bits per heavy atom. The molecule has 1 fully saturated rings. The molecule has 0 spiro atoms. The number of ether oxygens (including phenoxy) is 1. The maximum atomic E-state index is 13.1. The summed E-state index contributed by atoms with van der Waals surface area (Å²) >= 11 is 0. The van der Waals surface area contributed by atoms with Gasteiger partial charge in [-0.1, -0.05) is 6.42 Å². The number of esters is 1. The third kappa shape index (κ3) is 4.61. The van der Waals surface area contributed by atoms with E-state index in [4.69, 9.17) is 4.74 Å². The fourth-order valence-corrected chi connectivity index (χ4v) is 5.69. The first kappa shape index (κ1) is 22.2. The van der Waals surface area contributed by atoms with Crippen molar-refractivity contribution in [3.05, 3.63) is 60.2 Å². The molecule has 1 aliphatic heterocycles. The van der Waals surface area contributed by atoms with Crippen molar-refractivity contribution >= 4 is 38.4 Å². The summed E-state index contributed by atoms with van der Waals surface area (Å²) in [5.74, 6) is 0.272. The molecule has 8 heteroatoms. The van der Waals surface area contributed by atoms with Crippen LogP contribution in [0.3, 0.4) is 0 Å². The molecule has 4 rings (SSSR count). The number of rotatable bonds is 6. The van der Waals surface area contributed by atoms with E-state index in [2.05, 4.69) is 10.3 Å². The van der Waals surface area contributed by atoms with E-state index in [1.165, 1.54) is 0 Å². The largest absolute Gasteiger partial charge is 0.462 e. The molecule has 2 aromatic carbocycles. The molecule has 1 unspecified atom stereocenters. The third-order valence-corrected chi connectivity index (χ3v) is 7.69. The topological polar surface area (TPSA) is 88.6 Å². The van der Waals surface area contributed by atoms with Crippen molar-refractivity contribution in [3.8, 4) is 0 Å². The normalized spacial score (nSPS) is 17.2. The van der Waals surface area contributed by atoms with Gasteiger partial charge in [-0.15, -0.1) is 0 Å². The molecule has 0 bridgehead atoms. The number of hydrogen-bond acceptors (Lipinski definition) is 6. The molecule has 1 aliphatic rings. The highest BCUT2D eigenvalue weighted by molar-refractivity contribution is 7.89. The smallest absolute Gasteiger partial charge is 0.338 e. The number of fused-ring (bicyclic) bond motifs is 1. The monoisotopic (exact) mass is 453 g/mol. The second kappa shape index (κ2) is 9.26. The van der Waals surface area contributed by atoms with Crippen molar-refractivity contribution in [2.45, 2.75) is 44.0 Å². The van der Waals surface area contributed by atoms with Crippen LogP contribution in [0.25, 0.3) is 10.9 Å². The van der Waals surface area contributed by atoms with E-state index in [9.17, 15) is 13.2 Å². The maximum absolute atomic E-state index is 13.1. The van der Waals surface area contributed by atoms with Crippen LogP contribution in [-0.2, 0) is 14.8 Å². The Morgan fingerprint density at radius 2 is 1.91 bits per heavy atom. The van der Waals surface area contributed by atoms with Crippen LogP contribution in [-0.4, -0.2) is 42.9 Å². The summed E-state index contributed by atoms with van der Waals surface area (Å²) < 4.78 is 32.9. The van der Waals surface area contributed by atoms with E-state index in [-0.39, 0.29) is 12.0 Å². The highest BCUT2D eigenvalue weighted by atomic mass is 32.2. The van der Waals surface area contributed by atoms with Crippen LogP contribution in [0, 0.1) is 0 Å². The van der Waals surface area contributed by atoms with Gasteiger partial charge in [-0.3, -0.25) is 0 Å². The zero-order valence-electron chi connectivity index (χ0n) is 18.2. The second-order valence-corrected chi connectivity index (χ2v) is 9.82. The van der Waals surface area contributed by atoms with Crippen LogP contribution < -0.4 is 5.32 Å². The minimum atomic E-state index is -3.52. The Balaban J connectivity index is 1.53. The molecule has 1 N–H and O–H groups in total. The first-order valence-corrected chi connectivity index (χ1v) is 12.3. The van der Waals surface area contributed by atoms with Gasteiger partial charge in [0.2, 0.25) is 10.0 Å². The molecule has 1 aromatic heterocycles. The van der Waals surface area contributed by atoms with Gasteiger partial charge in [-0.05, 0) is 81.3 Å². The number of pyridine rings is 1. The number of sulfonamides is 1. The molecule has 7 nitrogen and oxygen atoms in total. The average molecular weight is 454 g/mol. The Kier molecular flexibility index (Phi) is 6.43. The Labute approximate surface area is 188 Å². The van der Waals surface area contributed by atoms with Gasteiger partial charge in [-0.25, -0.2) is 18.2 Å². The van der Waals surface area contributed by atoms with Gasteiger partial charge in [0.05, 0.1) is 22.6 Å². The van der Waals surface area contributed by atoms with Crippen LogP contribution in [0.15, 0.2) is 59.5 Å². The molecule has 168 valence electrons. The number of nitrogens with zero attached hydrogens (tertiary/aromatic N) is 2. The minimum Gasteiger partial charge on any atom is -0.462 e. The van der Waals surface area contributed by atoms with E-state index in [1.807, 2.05) is 19.1 Å². The Morgan fingerprint density at radius 3 is 2.62 bits per heavy atom. The second-order valence-electron chi connectivity index (χ2n) is 7.93. The Bertz CT molecular complexity index is 1230. The van der Waals surface area contributed by atoms with Crippen molar-refractivity contribution < 1.29 is 17.9 Å². The summed E-state index contributed by atoms with van der Waals surface area (Å²) in [5.41, 5.74) is 1.97. The summed E-state index contributed by atoms with van der Waals surface area (Å²) in [5, 5.41) is 3.97. The number of nitrogens with one attached hydrogen (secondary N) is 1. The molecule has 3 aromatic rings. The van der Waals surface area contributed by atoms with Gasteiger partial charge in [0, 0.05) is 23.7 Å². The number of benzene rings is 2. The number of anilines is 2. The molecular formula is C24H27N3O4S. The number of piperidine rings is 1. The Hall–Kier alpha value is -2.97. The summed E-state index contributed by atoms with van der Waals surface area (Å²) in [4.78, 5) is 16.7. The summed E-state index contributed by atoms with van der Waals surface area (Å²) in [7, 11) is -3.52. The van der Waals surface area contributed by atoms with Crippen LogP contribution in [0.1, 0.15) is 43.5 Å². The van der Waals surface area contributed by atoms with Gasteiger partial charge in [0.1, 0.15) is 5.82 Å². The van der Waals surface area contributed by atoms with Gasteiger partial charge in [0.25, 0.3) is 0 Å². The maximum Gasteiger partial charge on any atom is 0.338 e. The van der Waals surface area contributed by atoms with Gasteiger partial charge in [0.15, 0.2) is 0 Å². The lowest BCUT2D eigenvalue weighted by Gasteiger charge is -2.32. The highest BCUT2D eigenvalue weighted by Crippen LogP contribution is 2.28. The van der Waals surface area contributed by atoms with Crippen molar-refractivity contribution in [3.63, 3.8) is 0 Å². The number of hydrogen-bond donors (Lipinski definition) is 1. The number of carbonyl (C=O) groups excluding carboxylic acids is 1. The number of aromatic nitrogens is 1. The molecule has 2 heterocycles. The quantitative estimate of drug-likeness (QED) is 0.544. The van der Waals surface area contributed by atoms with Crippen molar-refractivity contribution in [1.82, 2.24) is 9.29 Å². The predicted molar refractivity (Wildman–Crippen MR) is 125 cm³/mol. The van der Waals surface area contributed by atoms with Gasteiger partial charge in [-0.2, -0.15) is 4.31 Å². The average Bonchev–Trinajstić information content (AvgIpc) is 2.79. The highest BCUT2D eigenvalue weighted by Gasteiger charge is 2.31. The van der Waals surface area contributed by atoms with Crippen LogP contribution in [0.4, 0.5) is 11.5 Å². The molecular weight excluding hydrogens is 426 g/mol. The van der Waals surface area contributed by atoms with E-state index in [1.54, 1.807) is 53.7 Å². The van der Waals surface area contributed by atoms with Gasteiger partial charge >= 0.3 is 5.97 Å². The van der Waals surface area contributed by atoms with E-state index < -0.39 is 10.0 Å². The molecule has 0 amide bonds. The standard InChI is InChI=1S/C24H27N3O4S/c1-3-31-24(28)18-7-10-20(11-8-18)25-23-14-9-19-16-21(12-13-22(19)26-23)32(29,30)27-15-5-4-6-17(27)2/h7-14,16-17H,3-6,15H2,1-2H3,(H,25,26).